The lowest BCUT2D eigenvalue weighted by atomic mass is 10.0. The molecule has 0 aromatic heterocycles. The van der Waals surface area contributed by atoms with Crippen molar-refractivity contribution < 1.29 is 23.9 Å². The Kier molecular flexibility index (Phi) is 7.59. The predicted molar refractivity (Wildman–Crippen MR) is 115 cm³/mol. The monoisotopic (exact) mass is 432 g/mol. The Hall–Kier alpha value is -2.97. The van der Waals surface area contributed by atoms with Gasteiger partial charge >= 0.3 is 6.03 Å². The summed E-state index contributed by atoms with van der Waals surface area (Å²) in [5, 5.41) is 8.81. The number of carbonyl (C=O) groups excluding carboxylic acids is 3. The van der Waals surface area contributed by atoms with Gasteiger partial charge in [-0.2, -0.15) is 0 Å². The summed E-state index contributed by atoms with van der Waals surface area (Å²) in [5.41, 5.74) is 0.857. The van der Waals surface area contributed by atoms with E-state index in [1.165, 1.54) is 0 Å². The molecule has 1 saturated carbocycles. The van der Waals surface area contributed by atoms with Crippen molar-refractivity contribution in [3.8, 4) is 11.5 Å². The smallest absolute Gasteiger partial charge is 0.317 e. The van der Waals surface area contributed by atoms with Crippen molar-refractivity contribution in [2.75, 3.05) is 33.9 Å². The van der Waals surface area contributed by atoms with Crippen molar-refractivity contribution in [1.82, 2.24) is 20.9 Å². The molecule has 1 aliphatic carbocycles. The van der Waals surface area contributed by atoms with Gasteiger partial charge < -0.3 is 30.3 Å². The Bertz CT molecular complexity index is 815. The molecule has 1 heterocycles. The second-order valence-electron chi connectivity index (χ2n) is 8.11. The lowest BCUT2D eigenvalue weighted by Gasteiger charge is -2.23. The molecule has 3 atom stereocenters. The number of fused-ring (bicyclic) bond motifs is 1. The van der Waals surface area contributed by atoms with E-state index in [4.69, 9.17) is 9.47 Å². The van der Waals surface area contributed by atoms with E-state index in [9.17, 15) is 14.4 Å². The summed E-state index contributed by atoms with van der Waals surface area (Å²) in [6.07, 6.45) is 2.04. The molecule has 0 spiro atoms. The third-order valence-corrected chi connectivity index (χ3v) is 5.96. The van der Waals surface area contributed by atoms with Crippen LogP contribution in [0.4, 0.5) is 4.79 Å². The largest absolute Gasteiger partial charge is 0.497 e. The topological polar surface area (TPSA) is 109 Å². The number of nitrogens with zero attached hydrogens (tertiary/aromatic N) is 1. The van der Waals surface area contributed by atoms with Gasteiger partial charge in [-0.25, -0.2) is 4.79 Å². The first kappa shape index (κ1) is 22.7. The third kappa shape index (κ3) is 5.59. The van der Waals surface area contributed by atoms with Crippen molar-refractivity contribution in [3.05, 3.63) is 23.8 Å². The lowest BCUT2D eigenvalue weighted by molar-refractivity contribution is -0.125. The van der Waals surface area contributed by atoms with Crippen LogP contribution < -0.4 is 25.4 Å². The van der Waals surface area contributed by atoms with Crippen molar-refractivity contribution in [2.45, 2.75) is 38.8 Å². The number of methoxy groups -OCH3 is 2. The highest BCUT2D eigenvalue weighted by molar-refractivity contribution is 5.85. The highest BCUT2D eigenvalue weighted by Gasteiger charge is 2.42. The molecular weight excluding hydrogens is 400 g/mol. The zero-order valence-electron chi connectivity index (χ0n) is 18.4. The van der Waals surface area contributed by atoms with Gasteiger partial charge in [-0.1, -0.05) is 6.92 Å². The molecule has 1 aromatic carbocycles. The van der Waals surface area contributed by atoms with Gasteiger partial charge in [0.1, 0.15) is 18.0 Å². The summed E-state index contributed by atoms with van der Waals surface area (Å²) in [6.45, 7) is 3.42. The average Bonchev–Trinajstić information content (AvgIpc) is 3.09. The molecule has 9 nitrogen and oxygen atoms in total. The van der Waals surface area contributed by atoms with Gasteiger partial charge in [0, 0.05) is 43.2 Å². The number of nitrogens with one attached hydrogen (secondary N) is 3. The van der Waals surface area contributed by atoms with E-state index in [0.29, 0.717) is 44.0 Å². The molecular formula is C22H32N4O5. The van der Waals surface area contributed by atoms with Gasteiger partial charge in [0.05, 0.1) is 14.2 Å². The molecule has 3 N–H and O–H groups in total. The standard InChI is InChI=1S/C22H32N4O5/c1-4-7-23-22(29)26-12-16-8-15(9-18(16)25-20(27)13-26)21(28)24-11-14-5-6-17(30-2)10-19(14)31-3/h5-6,10,15-16,18H,4,7-9,11-13H2,1-3H3,(H,23,29)(H,24,28)(H,25,27)/t15-,16+,18+/m0/s1. The molecule has 0 unspecified atom stereocenters. The normalized spacial score (nSPS) is 22.7. The lowest BCUT2D eigenvalue weighted by Crippen LogP contribution is -2.44. The first-order valence-electron chi connectivity index (χ1n) is 10.8. The second kappa shape index (κ2) is 10.4. The minimum atomic E-state index is -0.225. The van der Waals surface area contributed by atoms with Crippen LogP contribution in [-0.4, -0.2) is 62.6 Å². The maximum absolute atomic E-state index is 12.8. The number of carbonyl (C=O) groups is 3. The molecule has 2 aliphatic rings. The molecule has 0 bridgehead atoms. The fourth-order valence-corrected chi connectivity index (χ4v) is 4.31. The van der Waals surface area contributed by atoms with Crippen LogP contribution in [0.1, 0.15) is 31.7 Å². The van der Waals surface area contributed by atoms with Gasteiger partial charge in [-0.15, -0.1) is 0 Å². The summed E-state index contributed by atoms with van der Waals surface area (Å²) in [5.74, 6) is 0.956. The first-order chi connectivity index (χ1) is 14.9. The summed E-state index contributed by atoms with van der Waals surface area (Å²) in [4.78, 5) is 39.0. The molecule has 1 aromatic rings. The Morgan fingerprint density at radius 3 is 2.71 bits per heavy atom. The molecule has 4 amide bonds. The van der Waals surface area contributed by atoms with Gasteiger partial charge in [0.2, 0.25) is 11.8 Å². The van der Waals surface area contributed by atoms with E-state index in [1.807, 2.05) is 19.1 Å². The summed E-state index contributed by atoms with van der Waals surface area (Å²) in [7, 11) is 3.17. The Balaban J connectivity index is 1.58. The van der Waals surface area contributed by atoms with Crippen molar-refractivity contribution in [1.29, 1.82) is 0 Å². The van der Waals surface area contributed by atoms with Gasteiger partial charge in [-0.3, -0.25) is 9.59 Å². The summed E-state index contributed by atoms with van der Waals surface area (Å²) >= 11 is 0. The van der Waals surface area contributed by atoms with E-state index in [2.05, 4.69) is 16.0 Å². The maximum Gasteiger partial charge on any atom is 0.317 e. The predicted octanol–water partition coefficient (Wildman–Crippen LogP) is 1.27. The first-order valence-corrected chi connectivity index (χ1v) is 10.8. The molecule has 170 valence electrons. The average molecular weight is 433 g/mol. The number of ether oxygens (including phenoxy) is 2. The summed E-state index contributed by atoms with van der Waals surface area (Å²) in [6, 6.07) is 5.15. The zero-order valence-corrected chi connectivity index (χ0v) is 18.4. The van der Waals surface area contributed by atoms with Crippen LogP contribution in [0.5, 0.6) is 11.5 Å². The van der Waals surface area contributed by atoms with Gasteiger partial charge in [0.15, 0.2) is 0 Å². The van der Waals surface area contributed by atoms with Crippen molar-refractivity contribution in [2.24, 2.45) is 11.8 Å². The number of hydrogen-bond acceptors (Lipinski definition) is 5. The highest BCUT2D eigenvalue weighted by Crippen LogP contribution is 2.34. The molecule has 2 fully saturated rings. The van der Waals surface area contributed by atoms with Crippen LogP contribution in [0.3, 0.4) is 0 Å². The maximum atomic E-state index is 12.8. The number of hydrogen-bond donors (Lipinski definition) is 3. The Morgan fingerprint density at radius 2 is 2.00 bits per heavy atom. The quantitative estimate of drug-likeness (QED) is 0.601. The van der Waals surface area contributed by atoms with Crippen LogP contribution in [-0.2, 0) is 16.1 Å². The van der Waals surface area contributed by atoms with Crippen LogP contribution in [0.15, 0.2) is 18.2 Å². The van der Waals surface area contributed by atoms with E-state index in [0.717, 1.165) is 12.0 Å². The van der Waals surface area contributed by atoms with Crippen LogP contribution in [0, 0.1) is 11.8 Å². The Labute approximate surface area is 182 Å². The number of amides is 4. The number of benzene rings is 1. The van der Waals surface area contributed by atoms with E-state index < -0.39 is 0 Å². The molecule has 9 heteroatoms. The third-order valence-electron chi connectivity index (χ3n) is 5.96. The van der Waals surface area contributed by atoms with Gasteiger partial charge in [0.25, 0.3) is 0 Å². The van der Waals surface area contributed by atoms with Crippen LogP contribution in [0.2, 0.25) is 0 Å². The number of urea groups is 1. The second-order valence-corrected chi connectivity index (χ2v) is 8.11. The van der Waals surface area contributed by atoms with Crippen molar-refractivity contribution in [3.63, 3.8) is 0 Å². The summed E-state index contributed by atoms with van der Waals surface area (Å²) < 4.78 is 10.6. The van der Waals surface area contributed by atoms with E-state index >= 15 is 0 Å². The fourth-order valence-electron chi connectivity index (χ4n) is 4.31. The van der Waals surface area contributed by atoms with E-state index in [1.54, 1.807) is 25.2 Å². The van der Waals surface area contributed by atoms with E-state index in [-0.39, 0.29) is 42.3 Å². The number of rotatable bonds is 7. The minimum absolute atomic E-state index is 0.0523. The Morgan fingerprint density at radius 1 is 1.19 bits per heavy atom. The highest BCUT2D eigenvalue weighted by atomic mass is 16.5. The molecule has 0 radical (unpaired) electrons. The molecule has 3 rings (SSSR count). The minimum Gasteiger partial charge on any atom is -0.497 e. The van der Waals surface area contributed by atoms with Crippen LogP contribution in [0.25, 0.3) is 0 Å². The molecule has 1 saturated heterocycles. The zero-order chi connectivity index (χ0) is 22.4. The molecule has 1 aliphatic heterocycles. The molecule has 31 heavy (non-hydrogen) atoms. The SMILES string of the molecule is CCCNC(=O)N1CC(=O)N[C@@H]2C[C@@H](C(=O)NCc3ccc(OC)cc3OC)C[C@@H]2C1. The van der Waals surface area contributed by atoms with Crippen LogP contribution >= 0.6 is 0 Å². The van der Waals surface area contributed by atoms with Gasteiger partial charge in [-0.05, 0) is 37.3 Å². The van der Waals surface area contributed by atoms with Crippen molar-refractivity contribution >= 4 is 17.8 Å². The fraction of sp³-hybridized carbons (Fsp3) is 0.591.